The van der Waals surface area contributed by atoms with Gasteiger partial charge < -0.3 is 10.4 Å². The van der Waals surface area contributed by atoms with Gasteiger partial charge in [0.1, 0.15) is 10.3 Å². The fraction of sp³-hybridized carbons (Fsp3) is 0.167. The Kier molecular flexibility index (Phi) is 5.75. The van der Waals surface area contributed by atoms with E-state index in [0.29, 0.717) is 0 Å². The summed E-state index contributed by atoms with van der Waals surface area (Å²) in [4.78, 5) is 32.5. The van der Waals surface area contributed by atoms with Crippen LogP contribution in [0, 0.1) is 10.1 Å². The molecule has 12 heteroatoms. The third kappa shape index (κ3) is 4.43. The normalized spacial score (nSPS) is 19.0. The van der Waals surface area contributed by atoms with Gasteiger partial charge in [-0.15, -0.1) is 5.10 Å². The van der Waals surface area contributed by atoms with Crippen LogP contribution in [0.2, 0.25) is 10.0 Å². The minimum absolute atomic E-state index is 0.0401. The van der Waals surface area contributed by atoms with Crippen molar-refractivity contribution < 1.29 is 19.6 Å². The Morgan fingerprint density at radius 1 is 1.50 bits per heavy atom. The molecule has 1 amide bonds. The molecule has 24 heavy (non-hydrogen) atoms. The van der Waals surface area contributed by atoms with Gasteiger partial charge in [-0.1, -0.05) is 35.0 Å². The van der Waals surface area contributed by atoms with Crippen LogP contribution in [0.1, 0.15) is 12.0 Å². The van der Waals surface area contributed by atoms with E-state index < -0.39 is 22.0 Å². The van der Waals surface area contributed by atoms with Gasteiger partial charge in [-0.05, 0) is 12.1 Å². The number of aliphatic carboxylic acids is 1. The van der Waals surface area contributed by atoms with E-state index in [0.717, 1.165) is 18.0 Å². The van der Waals surface area contributed by atoms with Crippen molar-refractivity contribution in [2.24, 2.45) is 10.2 Å². The molecule has 2 N–H and O–H groups in total. The molecule has 0 aromatic heterocycles. The second-order valence-electron chi connectivity index (χ2n) is 4.43. The smallest absolute Gasteiger partial charge is 0.305 e. The van der Waals surface area contributed by atoms with Crippen LogP contribution < -0.4 is 5.32 Å². The highest BCUT2D eigenvalue weighted by Crippen LogP contribution is 2.31. The second-order valence-corrected chi connectivity index (χ2v) is 6.46. The lowest BCUT2D eigenvalue weighted by atomic mass is 10.2. The fourth-order valence-corrected chi connectivity index (χ4v) is 3.26. The quantitative estimate of drug-likeness (QED) is 0.449. The highest BCUT2D eigenvalue weighted by Gasteiger charge is 2.32. The molecule has 126 valence electrons. The second kappa shape index (κ2) is 7.60. The molecule has 1 aromatic carbocycles. The molecule has 0 radical (unpaired) electrons. The van der Waals surface area contributed by atoms with Crippen LogP contribution in [0.3, 0.4) is 0 Å². The number of hydrogen-bond donors (Lipinski definition) is 2. The van der Waals surface area contributed by atoms with Gasteiger partial charge in [-0.25, -0.2) is 0 Å². The molecule has 1 unspecified atom stereocenters. The Bertz CT molecular complexity index is 783. The lowest BCUT2D eigenvalue weighted by Gasteiger charge is -2.00. The Hall–Kier alpha value is -2.17. The Labute approximate surface area is 148 Å². The summed E-state index contributed by atoms with van der Waals surface area (Å²) in [7, 11) is 0. The van der Waals surface area contributed by atoms with Gasteiger partial charge in [0, 0.05) is 5.02 Å². The molecular formula is C12H8Cl2N4O5S. The molecule has 0 saturated carbocycles. The molecule has 1 aromatic rings. The monoisotopic (exact) mass is 390 g/mol. The number of amides is 1. The topological polar surface area (TPSA) is 134 Å². The molecule has 1 aliphatic heterocycles. The van der Waals surface area contributed by atoms with Crippen LogP contribution in [0.5, 0.6) is 0 Å². The molecule has 1 aliphatic rings. The van der Waals surface area contributed by atoms with E-state index in [-0.39, 0.29) is 32.9 Å². The molecule has 2 rings (SSSR count). The van der Waals surface area contributed by atoms with Crippen LogP contribution in [-0.2, 0) is 9.59 Å². The highest BCUT2D eigenvalue weighted by molar-refractivity contribution is 8.15. The lowest BCUT2D eigenvalue weighted by molar-refractivity contribution is -0.384. The fourth-order valence-electron chi connectivity index (χ4n) is 1.77. The Morgan fingerprint density at radius 2 is 2.21 bits per heavy atom. The maximum Gasteiger partial charge on any atom is 0.305 e. The number of carboxylic acid groups (broad SMARTS) is 1. The molecule has 0 aliphatic carbocycles. The van der Waals surface area contributed by atoms with Crippen molar-refractivity contribution in [2.45, 2.75) is 11.7 Å². The third-order valence-corrected chi connectivity index (χ3v) is 4.30. The van der Waals surface area contributed by atoms with E-state index in [1.807, 2.05) is 0 Å². The first-order valence-corrected chi connectivity index (χ1v) is 7.85. The summed E-state index contributed by atoms with van der Waals surface area (Å²) in [6.45, 7) is 0. The van der Waals surface area contributed by atoms with Crippen LogP contribution in [0.4, 0.5) is 5.69 Å². The number of rotatable bonds is 5. The first kappa shape index (κ1) is 18.2. The number of nitro benzene ring substituents is 1. The third-order valence-electron chi connectivity index (χ3n) is 2.72. The van der Waals surface area contributed by atoms with Gasteiger partial charge >= 0.3 is 5.97 Å². The number of amidine groups is 1. The molecule has 1 heterocycles. The van der Waals surface area contributed by atoms with E-state index in [4.69, 9.17) is 28.3 Å². The van der Waals surface area contributed by atoms with Gasteiger partial charge in [-0.3, -0.25) is 19.7 Å². The summed E-state index contributed by atoms with van der Waals surface area (Å²) in [6.07, 6.45) is 0.717. The van der Waals surface area contributed by atoms with Crippen molar-refractivity contribution in [1.82, 2.24) is 5.32 Å². The first-order valence-electron chi connectivity index (χ1n) is 6.21. The number of nitrogens with zero attached hydrogens (tertiary/aromatic N) is 3. The van der Waals surface area contributed by atoms with Crippen LogP contribution in [0.25, 0.3) is 0 Å². The maximum absolute atomic E-state index is 11.5. The molecule has 0 spiro atoms. The van der Waals surface area contributed by atoms with Crippen molar-refractivity contribution in [3.63, 3.8) is 0 Å². The highest BCUT2D eigenvalue weighted by atomic mass is 35.5. The van der Waals surface area contributed by atoms with E-state index in [1.54, 1.807) is 0 Å². The molecule has 1 atom stereocenters. The van der Waals surface area contributed by atoms with Gasteiger partial charge in [0.25, 0.3) is 5.69 Å². The molecule has 9 nitrogen and oxygen atoms in total. The number of nitrogens with one attached hydrogen (secondary N) is 1. The number of carbonyl (C=O) groups is 2. The summed E-state index contributed by atoms with van der Waals surface area (Å²) >= 11 is 12.5. The summed E-state index contributed by atoms with van der Waals surface area (Å²) in [6, 6.07) is 2.52. The van der Waals surface area contributed by atoms with Gasteiger partial charge in [0.05, 0.1) is 23.1 Å². The van der Waals surface area contributed by atoms with Gasteiger partial charge in [0.2, 0.25) is 5.91 Å². The predicted molar refractivity (Wildman–Crippen MR) is 89.9 cm³/mol. The minimum atomic E-state index is -1.11. The zero-order chi connectivity index (χ0) is 17.9. The summed E-state index contributed by atoms with van der Waals surface area (Å²) in [5.41, 5.74) is -0.338. The van der Waals surface area contributed by atoms with Crippen molar-refractivity contribution in [3.8, 4) is 0 Å². The molecule has 1 saturated heterocycles. The average Bonchev–Trinajstić information content (AvgIpc) is 2.77. The Morgan fingerprint density at radius 3 is 2.83 bits per heavy atom. The van der Waals surface area contributed by atoms with Gasteiger partial charge in [0.15, 0.2) is 5.17 Å². The SMILES string of the molecule is O=C(O)CC1SC(=NN=Cc2cc(Cl)cc(Cl)c2[N+](=O)[O-])NC1=O. The lowest BCUT2D eigenvalue weighted by Crippen LogP contribution is -2.26. The van der Waals surface area contributed by atoms with Crippen molar-refractivity contribution in [1.29, 1.82) is 0 Å². The average molecular weight is 391 g/mol. The number of carbonyl (C=O) groups excluding carboxylic acids is 1. The Balaban J connectivity index is 2.19. The summed E-state index contributed by atoms with van der Waals surface area (Å²) < 4.78 is 0. The van der Waals surface area contributed by atoms with Crippen LogP contribution in [-0.4, -0.2) is 38.5 Å². The maximum atomic E-state index is 11.5. The minimum Gasteiger partial charge on any atom is -0.481 e. The van der Waals surface area contributed by atoms with Crippen molar-refractivity contribution >= 4 is 63.9 Å². The van der Waals surface area contributed by atoms with E-state index >= 15 is 0 Å². The largest absolute Gasteiger partial charge is 0.481 e. The summed E-state index contributed by atoms with van der Waals surface area (Å²) in [5.74, 6) is -1.61. The van der Waals surface area contributed by atoms with Crippen LogP contribution in [0.15, 0.2) is 22.3 Å². The van der Waals surface area contributed by atoms with E-state index in [1.165, 1.54) is 12.1 Å². The molecule has 1 fully saturated rings. The van der Waals surface area contributed by atoms with Crippen molar-refractivity contribution in [3.05, 3.63) is 37.9 Å². The number of hydrogen-bond acceptors (Lipinski definition) is 7. The first-order chi connectivity index (χ1) is 11.3. The standard InChI is InChI=1S/C12H8Cl2N4O5S/c13-6-1-5(10(18(22)23)7(14)2-6)4-15-17-12-16-11(21)8(24-12)3-9(19)20/h1-2,4,8H,3H2,(H,19,20)(H,16,17,21). The molecule has 0 bridgehead atoms. The zero-order valence-electron chi connectivity index (χ0n) is 11.6. The van der Waals surface area contributed by atoms with E-state index in [2.05, 4.69) is 15.5 Å². The summed E-state index contributed by atoms with van der Waals surface area (Å²) in [5, 5.41) is 28.8. The van der Waals surface area contributed by atoms with Gasteiger partial charge in [-0.2, -0.15) is 5.10 Å². The number of benzene rings is 1. The number of thioether (sulfide) groups is 1. The van der Waals surface area contributed by atoms with Crippen molar-refractivity contribution in [2.75, 3.05) is 0 Å². The van der Waals surface area contributed by atoms with E-state index in [9.17, 15) is 19.7 Å². The van der Waals surface area contributed by atoms with Crippen LogP contribution >= 0.6 is 35.0 Å². The number of nitro groups is 1. The molecular weight excluding hydrogens is 383 g/mol. The number of carboxylic acids is 1. The zero-order valence-corrected chi connectivity index (χ0v) is 13.9. The number of halogens is 2. The predicted octanol–water partition coefficient (Wildman–Crippen LogP) is 2.30.